The van der Waals surface area contributed by atoms with Crippen LogP contribution in [0.4, 0.5) is 5.69 Å². The normalized spacial score (nSPS) is 15.4. The number of aryl methyl sites for hydroxylation is 1. The molecule has 1 saturated heterocycles. The summed E-state index contributed by atoms with van der Waals surface area (Å²) in [6.45, 7) is 6.60. The number of piperazine rings is 1. The van der Waals surface area contributed by atoms with Crippen LogP contribution in [0.25, 0.3) is 11.6 Å². The summed E-state index contributed by atoms with van der Waals surface area (Å²) in [6, 6.07) is 23.4. The number of halogens is 2. The maximum Gasteiger partial charge on any atom is 0.119 e. The SMILES string of the molecule is Cc1ccc(N2CCN(CC(O)COc3ccc(/C=C(\C#N)c4ccc(Cl)c(Cl)c4)cc3)CC2)cc1. The Morgan fingerprint density at radius 2 is 1.69 bits per heavy atom. The Morgan fingerprint density at radius 1 is 1.00 bits per heavy atom. The summed E-state index contributed by atoms with van der Waals surface area (Å²) in [6.07, 6.45) is 1.21. The van der Waals surface area contributed by atoms with E-state index in [0.717, 1.165) is 31.7 Å². The number of hydrogen-bond donors (Lipinski definition) is 1. The smallest absolute Gasteiger partial charge is 0.119 e. The van der Waals surface area contributed by atoms with Crippen molar-refractivity contribution in [2.45, 2.75) is 13.0 Å². The fourth-order valence-electron chi connectivity index (χ4n) is 4.16. The van der Waals surface area contributed by atoms with Crippen LogP contribution in [-0.4, -0.2) is 55.4 Å². The first-order chi connectivity index (χ1) is 17.4. The van der Waals surface area contributed by atoms with E-state index < -0.39 is 6.10 Å². The number of hydrogen-bond acceptors (Lipinski definition) is 5. The Balaban J connectivity index is 1.25. The van der Waals surface area contributed by atoms with E-state index in [1.54, 1.807) is 24.3 Å². The standard InChI is InChI=1S/C29H29Cl2N3O2/c1-21-2-7-25(8-3-21)34-14-12-33(13-15-34)19-26(35)20-36-27-9-4-22(5-10-27)16-24(18-32)23-6-11-28(30)29(31)17-23/h2-11,16-17,26,35H,12-15,19-20H2,1H3/b24-16+. The van der Waals surface area contributed by atoms with Gasteiger partial charge in [-0.05, 0) is 60.5 Å². The number of rotatable bonds is 8. The van der Waals surface area contributed by atoms with Gasteiger partial charge in [0.15, 0.2) is 0 Å². The van der Waals surface area contributed by atoms with Gasteiger partial charge < -0.3 is 14.7 Å². The second kappa shape index (κ2) is 12.3. The average Bonchev–Trinajstić information content (AvgIpc) is 2.89. The van der Waals surface area contributed by atoms with Crippen molar-refractivity contribution in [3.05, 3.63) is 93.5 Å². The van der Waals surface area contributed by atoms with Gasteiger partial charge in [0.25, 0.3) is 0 Å². The van der Waals surface area contributed by atoms with Crippen LogP contribution in [0.2, 0.25) is 10.0 Å². The van der Waals surface area contributed by atoms with E-state index in [0.29, 0.717) is 33.5 Å². The van der Waals surface area contributed by atoms with Gasteiger partial charge in [-0.3, -0.25) is 4.90 Å². The molecule has 36 heavy (non-hydrogen) atoms. The molecule has 3 aromatic rings. The van der Waals surface area contributed by atoms with Crippen molar-refractivity contribution in [2.24, 2.45) is 0 Å². The summed E-state index contributed by atoms with van der Waals surface area (Å²) < 4.78 is 5.81. The Labute approximate surface area is 222 Å². The molecule has 0 aromatic heterocycles. The van der Waals surface area contributed by atoms with Crippen LogP contribution in [0.15, 0.2) is 66.7 Å². The monoisotopic (exact) mass is 521 g/mol. The highest BCUT2D eigenvalue weighted by Crippen LogP contribution is 2.27. The van der Waals surface area contributed by atoms with Gasteiger partial charge in [-0.15, -0.1) is 0 Å². The predicted molar refractivity (Wildman–Crippen MR) is 148 cm³/mol. The largest absolute Gasteiger partial charge is 0.491 e. The highest BCUT2D eigenvalue weighted by molar-refractivity contribution is 6.42. The van der Waals surface area contributed by atoms with Gasteiger partial charge in [0, 0.05) is 38.4 Å². The molecule has 3 aromatic carbocycles. The summed E-state index contributed by atoms with van der Waals surface area (Å²) in [7, 11) is 0. The average molecular weight is 522 g/mol. The van der Waals surface area contributed by atoms with E-state index in [-0.39, 0.29) is 6.61 Å². The molecule has 1 heterocycles. The van der Waals surface area contributed by atoms with Crippen LogP contribution in [0.3, 0.4) is 0 Å². The molecule has 0 spiro atoms. The zero-order valence-corrected chi connectivity index (χ0v) is 21.7. The van der Waals surface area contributed by atoms with Crippen LogP contribution in [0, 0.1) is 18.3 Å². The first kappa shape index (κ1) is 26.1. The lowest BCUT2D eigenvalue weighted by atomic mass is 10.0. The number of nitriles is 1. The minimum Gasteiger partial charge on any atom is -0.491 e. The van der Waals surface area contributed by atoms with Crippen LogP contribution >= 0.6 is 23.2 Å². The van der Waals surface area contributed by atoms with Crippen molar-refractivity contribution >= 4 is 40.5 Å². The molecule has 186 valence electrons. The van der Waals surface area contributed by atoms with E-state index in [1.807, 2.05) is 24.3 Å². The zero-order valence-electron chi connectivity index (χ0n) is 20.2. The van der Waals surface area contributed by atoms with Crippen molar-refractivity contribution in [2.75, 3.05) is 44.2 Å². The first-order valence-corrected chi connectivity index (χ1v) is 12.7. The molecule has 1 N–H and O–H groups in total. The summed E-state index contributed by atoms with van der Waals surface area (Å²) >= 11 is 12.1. The van der Waals surface area contributed by atoms with Gasteiger partial charge in [-0.25, -0.2) is 0 Å². The number of ether oxygens (including phenoxy) is 1. The quantitative estimate of drug-likeness (QED) is 0.294. The van der Waals surface area contributed by atoms with Gasteiger partial charge in [-0.2, -0.15) is 5.26 Å². The van der Waals surface area contributed by atoms with Crippen LogP contribution in [0.5, 0.6) is 5.75 Å². The summed E-state index contributed by atoms with van der Waals surface area (Å²) in [5.41, 5.74) is 4.57. The molecule has 1 aliphatic rings. The van der Waals surface area contributed by atoms with Gasteiger partial charge >= 0.3 is 0 Å². The molecule has 0 aliphatic carbocycles. The minimum absolute atomic E-state index is 0.222. The number of β-amino-alcohol motifs (C(OH)–C–C–N with tert-alkyl or cyclic N) is 1. The molecule has 1 unspecified atom stereocenters. The van der Waals surface area contributed by atoms with Crippen molar-refractivity contribution in [3.63, 3.8) is 0 Å². The third kappa shape index (κ3) is 7.02. The highest BCUT2D eigenvalue weighted by atomic mass is 35.5. The molecule has 1 atom stereocenters. The van der Waals surface area contributed by atoms with Gasteiger partial charge in [0.05, 0.1) is 21.7 Å². The molecular formula is C29H29Cl2N3O2. The zero-order chi connectivity index (χ0) is 25.5. The molecule has 0 saturated carbocycles. The summed E-state index contributed by atoms with van der Waals surface area (Å²) in [5, 5.41) is 20.9. The van der Waals surface area contributed by atoms with Crippen molar-refractivity contribution < 1.29 is 9.84 Å². The molecule has 4 rings (SSSR count). The molecular weight excluding hydrogens is 493 g/mol. The Morgan fingerprint density at radius 3 is 2.33 bits per heavy atom. The molecule has 0 bridgehead atoms. The lowest BCUT2D eigenvalue weighted by Gasteiger charge is -2.36. The number of nitrogens with zero attached hydrogens (tertiary/aromatic N) is 3. The highest BCUT2D eigenvalue weighted by Gasteiger charge is 2.19. The molecule has 1 aliphatic heterocycles. The fourth-order valence-corrected chi connectivity index (χ4v) is 4.46. The van der Waals surface area contributed by atoms with E-state index in [2.05, 4.69) is 47.1 Å². The minimum atomic E-state index is -0.574. The Hall–Kier alpha value is -3.01. The van der Waals surface area contributed by atoms with Crippen molar-refractivity contribution in [3.8, 4) is 11.8 Å². The number of allylic oxidation sites excluding steroid dienone is 1. The molecule has 5 nitrogen and oxygen atoms in total. The summed E-state index contributed by atoms with van der Waals surface area (Å²) in [5.74, 6) is 0.670. The van der Waals surface area contributed by atoms with Gasteiger partial charge in [0.1, 0.15) is 18.5 Å². The number of aliphatic hydroxyl groups excluding tert-OH is 1. The Bertz CT molecular complexity index is 1230. The number of benzene rings is 3. The Kier molecular flexibility index (Phi) is 8.90. The van der Waals surface area contributed by atoms with Crippen LogP contribution in [-0.2, 0) is 0 Å². The third-order valence-corrected chi connectivity index (χ3v) is 6.96. The lowest BCUT2D eigenvalue weighted by molar-refractivity contribution is 0.0663. The van der Waals surface area contributed by atoms with E-state index in [4.69, 9.17) is 27.9 Å². The maximum atomic E-state index is 10.5. The maximum absolute atomic E-state index is 10.5. The number of aliphatic hydroxyl groups is 1. The predicted octanol–water partition coefficient (Wildman–Crippen LogP) is 5.93. The van der Waals surface area contributed by atoms with Crippen LogP contribution < -0.4 is 9.64 Å². The third-order valence-electron chi connectivity index (χ3n) is 6.22. The first-order valence-electron chi connectivity index (χ1n) is 11.9. The van der Waals surface area contributed by atoms with Gasteiger partial charge in [0.2, 0.25) is 0 Å². The van der Waals surface area contributed by atoms with Gasteiger partial charge in [-0.1, -0.05) is 59.1 Å². The van der Waals surface area contributed by atoms with E-state index >= 15 is 0 Å². The second-order valence-electron chi connectivity index (χ2n) is 8.96. The topological polar surface area (TPSA) is 59.7 Å². The summed E-state index contributed by atoms with van der Waals surface area (Å²) in [4.78, 5) is 4.66. The molecule has 7 heteroatoms. The number of anilines is 1. The van der Waals surface area contributed by atoms with E-state index in [9.17, 15) is 10.4 Å². The molecule has 1 fully saturated rings. The van der Waals surface area contributed by atoms with Crippen LogP contribution in [0.1, 0.15) is 16.7 Å². The molecule has 0 radical (unpaired) electrons. The van der Waals surface area contributed by atoms with Crippen molar-refractivity contribution in [1.29, 1.82) is 5.26 Å². The van der Waals surface area contributed by atoms with E-state index in [1.165, 1.54) is 11.3 Å². The molecule has 0 amide bonds. The lowest BCUT2D eigenvalue weighted by Crippen LogP contribution is -2.49. The second-order valence-corrected chi connectivity index (χ2v) is 9.77. The fraction of sp³-hybridized carbons (Fsp3) is 0.276. The van der Waals surface area contributed by atoms with Crippen molar-refractivity contribution in [1.82, 2.24) is 4.90 Å².